The van der Waals surface area contributed by atoms with Crippen molar-refractivity contribution < 1.29 is 44.3 Å². The minimum absolute atomic E-state index is 0.0187. The highest BCUT2D eigenvalue weighted by Gasteiger charge is 2.38. The highest BCUT2D eigenvalue weighted by Crippen LogP contribution is 2.40. The fourth-order valence-electron chi connectivity index (χ4n) is 2.47. The number of methoxy groups -OCH3 is 1. The van der Waals surface area contributed by atoms with E-state index in [1.165, 1.54) is 0 Å². The molecule has 1 aromatic carbocycles. The van der Waals surface area contributed by atoms with Gasteiger partial charge in [0.05, 0.1) is 23.9 Å². The number of aromatic nitrogens is 2. The van der Waals surface area contributed by atoms with Crippen LogP contribution in [-0.2, 0) is 25.1 Å². The second-order valence-corrected chi connectivity index (χ2v) is 5.97. The Balaban J connectivity index is 2.87. The van der Waals surface area contributed by atoms with Gasteiger partial charge in [0.25, 0.3) is 0 Å². The molecule has 2 aromatic rings. The van der Waals surface area contributed by atoms with Crippen molar-refractivity contribution in [3.63, 3.8) is 0 Å². The zero-order chi connectivity index (χ0) is 22.9. The molecule has 0 aliphatic carbocycles. The van der Waals surface area contributed by atoms with E-state index in [2.05, 4.69) is 9.98 Å². The van der Waals surface area contributed by atoms with Crippen LogP contribution in [0.3, 0.4) is 0 Å². The van der Waals surface area contributed by atoms with Gasteiger partial charge in [0.2, 0.25) is 5.62 Å². The van der Waals surface area contributed by atoms with Crippen LogP contribution < -0.4 is 10.4 Å². The Morgan fingerprint density at radius 1 is 0.933 bits per heavy atom. The second-order valence-electron chi connectivity index (χ2n) is 5.97. The molecule has 1 heterocycles. The SMILES string of the molecule is CCCn1c(OC)cc(C(F)(F)F)nc1=Nc1ccc(C(F)(F)F)cc1C(F)(F)F. The summed E-state index contributed by atoms with van der Waals surface area (Å²) < 4.78 is 124. The van der Waals surface area contributed by atoms with E-state index in [1.807, 2.05) is 0 Å². The lowest BCUT2D eigenvalue weighted by Gasteiger charge is -2.16. The number of rotatable bonds is 4. The van der Waals surface area contributed by atoms with Crippen molar-refractivity contribution in [3.05, 3.63) is 46.7 Å². The van der Waals surface area contributed by atoms with Crippen molar-refractivity contribution >= 4 is 5.69 Å². The molecule has 0 radical (unpaired) electrons. The van der Waals surface area contributed by atoms with Gasteiger partial charge in [-0.2, -0.15) is 39.5 Å². The molecule has 0 amide bonds. The maximum Gasteiger partial charge on any atom is 0.433 e. The summed E-state index contributed by atoms with van der Waals surface area (Å²) in [5.74, 6) is -0.376. The standard InChI is InChI=1S/C17H14F9N3O/c1-3-6-29-13(30-2)8-12(17(24,25)26)28-14(29)27-11-5-4-9(15(18,19)20)7-10(11)16(21,22)23/h4-5,7-8H,3,6H2,1-2H3. The molecule has 0 spiro atoms. The van der Waals surface area contributed by atoms with Crippen LogP contribution >= 0.6 is 0 Å². The van der Waals surface area contributed by atoms with Crippen molar-refractivity contribution in [1.82, 2.24) is 9.55 Å². The summed E-state index contributed by atoms with van der Waals surface area (Å²) in [6, 6.07) is 1.17. The van der Waals surface area contributed by atoms with Gasteiger partial charge in [-0.05, 0) is 24.6 Å². The molecule has 0 fully saturated rings. The minimum Gasteiger partial charge on any atom is -0.482 e. The average Bonchev–Trinajstić information content (AvgIpc) is 2.60. The predicted octanol–water partition coefficient (Wildman–Crippen LogP) is 5.59. The van der Waals surface area contributed by atoms with Crippen LogP contribution in [0.15, 0.2) is 29.3 Å². The molecule has 0 aliphatic heterocycles. The molecular weight excluding hydrogens is 433 g/mol. The smallest absolute Gasteiger partial charge is 0.433 e. The Hall–Kier alpha value is -2.73. The van der Waals surface area contributed by atoms with Gasteiger partial charge in [-0.25, -0.2) is 9.98 Å². The lowest BCUT2D eigenvalue weighted by Crippen LogP contribution is -2.29. The van der Waals surface area contributed by atoms with Gasteiger partial charge in [-0.15, -0.1) is 0 Å². The zero-order valence-electron chi connectivity index (χ0n) is 15.4. The third-order valence-electron chi connectivity index (χ3n) is 3.78. The van der Waals surface area contributed by atoms with Crippen LogP contribution in [0.5, 0.6) is 5.88 Å². The maximum atomic E-state index is 13.3. The van der Waals surface area contributed by atoms with Crippen molar-refractivity contribution in [2.24, 2.45) is 4.99 Å². The monoisotopic (exact) mass is 447 g/mol. The first-order chi connectivity index (χ1) is 13.7. The molecule has 0 N–H and O–H groups in total. The molecule has 0 saturated heterocycles. The van der Waals surface area contributed by atoms with E-state index in [0.29, 0.717) is 24.6 Å². The number of benzene rings is 1. The van der Waals surface area contributed by atoms with E-state index in [-0.39, 0.29) is 18.5 Å². The van der Waals surface area contributed by atoms with Gasteiger partial charge in [0.1, 0.15) is 0 Å². The molecular formula is C17H14F9N3O. The fraction of sp³-hybridized carbons (Fsp3) is 0.412. The summed E-state index contributed by atoms with van der Waals surface area (Å²) in [6.45, 7) is 1.61. The number of alkyl halides is 9. The van der Waals surface area contributed by atoms with E-state index in [1.54, 1.807) is 6.92 Å². The number of hydrogen-bond acceptors (Lipinski definition) is 3. The Morgan fingerprint density at radius 2 is 1.57 bits per heavy atom. The predicted molar refractivity (Wildman–Crippen MR) is 85.7 cm³/mol. The van der Waals surface area contributed by atoms with Crippen LogP contribution in [0.2, 0.25) is 0 Å². The average molecular weight is 447 g/mol. The first-order valence-electron chi connectivity index (χ1n) is 8.24. The molecule has 0 aliphatic rings. The Kier molecular flexibility index (Phi) is 6.43. The zero-order valence-corrected chi connectivity index (χ0v) is 15.4. The number of hydrogen-bond donors (Lipinski definition) is 0. The molecule has 4 nitrogen and oxygen atoms in total. The molecule has 1 aromatic heterocycles. The largest absolute Gasteiger partial charge is 0.482 e. The van der Waals surface area contributed by atoms with Gasteiger partial charge in [-0.3, -0.25) is 4.57 Å². The van der Waals surface area contributed by atoms with Crippen molar-refractivity contribution in [2.75, 3.05) is 7.11 Å². The third kappa shape index (κ3) is 5.25. The van der Waals surface area contributed by atoms with Crippen LogP contribution in [-0.4, -0.2) is 16.7 Å². The molecule has 2 rings (SSSR count). The van der Waals surface area contributed by atoms with Gasteiger partial charge < -0.3 is 4.74 Å². The summed E-state index contributed by atoms with van der Waals surface area (Å²) in [6.07, 6.45) is -14.9. The number of ether oxygens (including phenoxy) is 1. The first-order valence-corrected chi connectivity index (χ1v) is 8.24. The number of halogens is 9. The highest BCUT2D eigenvalue weighted by molar-refractivity contribution is 5.50. The van der Waals surface area contributed by atoms with E-state index >= 15 is 0 Å². The van der Waals surface area contributed by atoms with Gasteiger partial charge in [0.15, 0.2) is 11.6 Å². The van der Waals surface area contributed by atoms with Crippen LogP contribution in [0.4, 0.5) is 45.2 Å². The summed E-state index contributed by atoms with van der Waals surface area (Å²) in [5.41, 5.74) is -6.64. The molecule has 0 saturated carbocycles. The van der Waals surface area contributed by atoms with Crippen molar-refractivity contribution in [2.45, 2.75) is 38.4 Å². The van der Waals surface area contributed by atoms with E-state index < -0.39 is 46.7 Å². The quantitative estimate of drug-likeness (QED) is 0.574. The summed E-state index contributed by atoms with van der Waals surface area (Å²) >= 11 is 0. The van der Waals surface area contributed by atoms with E-state index in [0.717, 1.165) is 11.7 Å². The topological polar surface area (TPSA) is 39.4 Å². The normalized spacial score (nSPS) is 13.6. The molecule has 166 valence electrons. The molecule has 0 bridgehead atoms. The summed E-state index contributed by atoms with van der Waals surface area (Å²) in [4.78, 5) is 6.78. The minimum atomic E-state index is -5.25. The van der Waals surface area contributed by atoms with Crippen LogP contribution in [0.25, 0.3) is 0 Å². The summed E-state index contributed by atoms with van der Waals surface area (Å²) in [5, 5.41) is 0. The molecule has 30 heavy (non-hydrogen) atoms. The lowest BCUT2D eigenvalue weighted by atomic mass is 10.1. The number of nitrogens with zero attached hydrogens (tertiary/aromatic N) is 3. The van der Waals surface area contributed by atoms with Crippen molar-refractivity contribution in [1.29, 1.82) is 0 Å². The van der Waals surface area contributed by atoms with Gasteiger partial charge in [0, 0.05) is 12.6 Å². The van der Waals surface area contributed by atoms with Crippen molar-refractivity contribution in [3.8, 4) is 5.88 Å². The van der Waals surface area contributed by atoms with E-state index in [4.69, 9.17) is 4.74 Å². The summed E-state index contributed by atoms with van der Waals surface area (Å²) in [7, 11) is 1.05. The third-order valence-corrected chi connectivity index (χ3v) is 3.78. The van der Waals surface area contributed by atoms with Gasteiger partial charge >= 0.3 is 18.5 Å². The highest BCUT2D eigenvalue weighted by atomic mass is 19.4. The molecule has 0 unspecified atom stereocenters. The fourth-order valence-corrected chi connectivity index (χ4v) is 2.47. The first kappa shape index (κ1) is 23.5. The van der Waals surface area contributed by atoms with Crippen LogP contribution in [0.1, 0.15) is 30.2 Å². The van der Waals surface area contributed by atoms with Crippen LogP contribution in [0, 0.1) is 0 Å². The molecule has 0 atom stereocenters. The van der Waals surface area contributed by atoms with Gasteiger partial charge in [-0.1, -0.05) is 6.92 Å². The maximum absolute atomic E-state index is 13.3. The van der Waals surface area contributed by atoms with E-state index in [9.17, 15) is 39.5 Å². The molecule has 13 heteroatoms. The Morgan fingerprint density at radius 3 is 2.03 bits per heavy atom. The Labute approximate surface area is 163 Å². The second kappa shape index (κ2) is 8.19. The lowest BCUT2D eigenvalue weighted by molar-refractivity contribution is -0.143. The Bertz CT molecular complexity index is 972.